The highest BCUT2D eigenvalue weighted by Gasteiger charge is 2.47. The number of likely N-dealkylation sites (N-methyl/N-ethyl adjacent to an activating group) is 1. The zero-order valence-corrected chi connectivity index (χ0v) is 10.4. The zero-order chi connectivity index (χ0) is 11.1. The fraction of sp³-hybridized carbons (Fsp3) is 1.00. The summed E-state index contributed by atoms with van der Waals surface area (Å²) < 4.78 is 0. The summed E-state index contributed by atoms with van der Waals surface area (Å²) in [6.07, 6.45) is 2.61. The summed E-state index contributed by atoms with van der Waals surface area (Å²) in [7, 11) is 2.21. The topological polar surface area (TPSA) is 32.5 Å². The summed E-state index contributed by atoms with van der Waals surface area (Å²) in [5.74, 6) is 0.875. The second-order valence-electron chi connectivity index (χ2n) is 5.75. The van der Waals surface area contributed by atoms with Crippen LogP contribution < -0.4 is 5.73 Å². The number of hydrogen-bond acceptors (Lipinski definition) is 3. The van der Waals surface area contributed by atoms with Crippen molar-refractivity contribution in [3.05, 3.63) is 0 Å². The average molecular weight is 211 g/mol. The van der Waals surface area contributed by atoms with Gasteiger partial charge in [-0.15, -0.1) is 0 Å². The zero-order valence-electron chi connectivity index (χ0n) is 10.4. The fourth-order valence-corrected chi connectivity index (χ4v) is 3.60. The lowest BCUT2D eigenvalue weighted by atomic mass is 9.67. The van der Waals surface area contributed by atoms with Gasteiger partial charge in [-0.25, -0.2) is 0 Å². The molecule has 2 rings (SSSR count). The number of hydrogen-bond donors (Lipinski definition) is 1. The first-order valence-corrected chi connectivity index (χ1v) is 6.23. The Labute approximate surface area is 93.6 Å². The summed E-state index contributed by atoms with van der Waals surface area (Å²) in [6.45, 7) is 9.11. The Morgan fingerprint density at radius 3 is 2.40 bits per heavy atom. The maximum Gasteiger partial charge on any atom is 0.0340 e. The van der Waals surface area contributed by atoms with Crippen LogP contribution in [0, 0.1) is 5.92 Å². The minimum absolute atomic E-state index is 0.347. The van der Waals surface area contributed by atoms with Crippen LogP contribution in [0.2, 0.25) is 0 Å². The van der Waals surface area contributed by atoms with Crippen LogP contribution in [0.15, 0.2) is 0 Å². The van der Waals surface area contributed by atoms with Gasteiger partial charge in [0.25, 0.3) is 0 Å². The fourth-order valence-electron chi connectivity index (χ4n) is 3.60. The van der Waals surface area contributed by atoms with Crippen molar-refractivity contribution in [2.45, 2.75) is 38.3 Å². The van der Waals surface area contributed by atoms with Gasteiger partial charge in [0.05, 0.1) is 0 Å². The third-order valence-electron chi connectivity index (χ3n) is 4.28. The van der Waals surface area contributed by atoms with E-state index in [9.17, 15) is 0 Å². The molecule has 1 saturated carbocycles. The molecule has 1 saturated heterocycles. The minimum atomic E-state index is 0.347. The number of rotatable bonds is 2. The number of piperazine rings is 1. The lowest BCUT2D eigenvalue weighted by Gasteiger charge is -2.57. The SMILES string of the molecule is CC1CC(CN)(N2CCN(C)CC2C)C1. The van der Waals surface area contributed by atoms with Gasteiger partial charge in [0.2, 0.25) is 0 Å². The normalized spacial score (nSPS) is 44.0. The van der Waals surface area contributed by atoms with Crippen LogP contribution in [0.3, 0.4) is 0 Å². The maximum atomic E-state index is 6.00. The summed E-state index contributed by atoms with van der Waals surface area (Å²) in [6, 6.07) is 0.666. The van der Waals surface area contributed by atoms with Gasteiger partial charge in [-0.3, -0.25) is 4.90 Å². The van der Waals surface area contributed by atoms with Crippen LogP contribution in [0.1, 0.15) is 26.7 Å². The van der Waals surface area contributed by atoms with E-state index in [1.807, 2.05) is 0 Å². The molecule has 1 unspecified atom stereocenters. The average Bonchev–Trinajstić information content (AvgIpc) is 2.13. The van der Waals surface area contributed by atoms with Gasteiger partial charge in [-0.1, -0.05) is 6.92 Å². The van der Waals surface area contributed by atoms with Gasteiger partial charge >= 0.3 is 0 Å². The Hall–Kier alpha value is -0.120. The highest BCUT2D eigenvalue weighted by atomic mass is 15.3. The molecule has 15 heavy (non-hydrogen) atoms. The molecule has 0 spiro atoms. The molecule has 1 aliphatic carbocycles. The van der Waals surface area contributed by atoms with E-state index in [-0.39, 0.29) is 0 Å². The van der Waals surface area contributed by atoms with Crippen molar-refractivity contribution in [1.29, 1.82) is 0 Å². The summed E-state index contributed by atoms with van der Waals surface area (Å²) >= 11 is 0. The Morgan fingerprint density at radius 1 is 1.27 bits per heavy atom. The predicted molar refractivity (Wildman–Crippen MR) is 63.8 cm³/mol. The van der Waals surface area contributed by atoms with E-state index in [1.165, 1.54) is 32.5 Å². The highest BCUT2D eigenvalue weighted by molar-refractivity contribution is 5.04. The van der Waals surface area contributed by atoms with Crippen molar-refractivity contribution in [3.8, 4) is 0 Å². The molecule has 0 aromatic heterocycles. The Morgan fingerprint density at radius 2 is 1.93 bits per heavy atom. The molecule has 2 aliphatic rings. The molecule has 88 valence electrons. The molecule has 1 atom stereocenters. The molecule has 1 aliphatic heterocycles. The highest BCUT2D eigenvalue weighted by Crippen LogP contribution is 2.43. The molecule has 3 heteroatoms. The van der Waals surface area contributed by atoms with Gasteiger partial charge in [-0.2, -0.15) is 0 Å². The van der Waals surface area contributed by atoms with E-state index < -0.39 is 0 Å². The first-order valence-electron chi connectivity index (χ1n) is 6.23. The molecule has 0 radical (unpaired) electrons. The first-order chi connectivity index (χ1) is 7.07. The molecule has 0 amide bonds. The smallest absolute Gasteiger partial charge is 0.0340 e. The standard InChI is InChI=1S/C12H25N3/c1-10-6-12(7-10,9-13)15-5-4-14(3)8-11(15)2/h10-11H,4-9,13H2,1-3H3. The third-order valence-corrected chi connectivity index (χ3v) is 4.28. The monoisotopic (exact) mass is 211 g/mol. The quantitative estimate of drug-likeness (QED) is 0.731. The van der Waals surface area contributed by atoms with Crippen molar-refractivity contribution in [1.82, 2.24) is 9.80 Å². The number of nitrogens with zero attached hydrogens (tertiary/aromatic N) is 2. The van der Waals surface area contributed by atoms with Gasteiger partial charge in [0.1, 0.15) is 0 Å². The third kappa shape index (κ3) is 1.93. The van der Waals surface area contributed by atoms with Crippen LogP contribution >= 0.6 is 0 Å². The predicted octanol–water partition coefficient (Wildman–Crippen LogP) is 0.750. The number of nitrogens with two attached hydrogens (primary N) is 1. The van der Waals surface area contributed by atoms with Crippen molar-refractivity contribution in [2.24, 2.45) is 11.7 Å². The maximum absolute atomic E-state index is 6.00. The molecule has 0 aromatic rings. The minimum Gasteiger partial charge on any atom is -0.329 e. The first kappa shape index (κ1) is 11.4. The van der Waals surface area contributed by atoms with E-state index in [0.29, 0.717) is 11.6 Å². The molecule has 0 bridgehead atoms. The van der Waals surface area contributed by atoms with E-state index in [4.69, 9.17) is 5.73 Å². The van der Waals surface area contributed by atoms with E-state index in [1.54, 1.807) is 0 Å². The van der Waals surface area contributed by atoms with E-state index in [0.717, 1.165) is 12.5 Å². The molecule has 2 N–H and O–H groups in total. The van der Waals surface area contributed by atoms with Gasteiger partial charge < -0.3 is 10.6 Å². The Kier molecular flexibility index (Phi) is 3.06. The van der Waals surface area contributed by atoms with Crippen LogP contribution in [-0.4, -0.2) is 54.6 Å². The molecule has 0 aromatic carbocycles. The summed E-state index contributed by atoms with van der Waals surface area (Å²) in [5, 5.41) is 0. The van der Waals surface area contributed by atoms with Gasteiger partial charge in [0, 0.05) is 37.8 Å². The lowest BCUT2D eigenvalue weighted by Crippen LogP contribution is -2.67. The van der Waals surface area contributed by atoms with Crippen molar-refractivity contribution >= 4 is 0 Å². The Balaban J connectivity index is 2.03. The molecular weight excluding hydrogens is 186 g/mol. The van der Waals surface area contributed by atoms with E-state index in [2.05, 4.69) is 30.7 Å². The second kappa shape index (κ2) is 4.04. The summed E-state index contributed by atoms with van der Waals surface area (Å²) in [4.78, 5) is 5.10. The largest absolute Gasteiger partial charge is 0.329 e. The van der Waals surface area contributed by atoms with Crippen molar-refractivity contribution in [2.75, 3.05) is 33.2 Å². The molecular formula is C12H25N3. The Bertz CT molecular complexity index is 223. The van der Waals surface area contributed by atoms with Crippen LogP contribution in [0.5, 0.6) is 0 Å². The van der Waals surface area contributed by atoms with Crippen molar-refractivity contribution < 1.29 is 0 Å². The van der Waals surface area contributed by atoms with Crippen molar-refractivity contribution in [3.63, 3.8) is 0 Å². The lowest BCUT2D eigenvalue weighted by molar-refractivity contribution is -0.0642. The van der Waals surface area contributed by atoms with E-state index >= 15 is 0 Å². The van der Waals surface area contributed by atoms with Crippen LogP contribution in [-0.2, 0) is 0 Å². The van der Waals surface area contributed by atoms with Gasteiger partial charge in [-0.05, 0) is 32.7 Å². The van der Waals surface area contributed by atoms with Gasteiger partial charge in [0.15, 0.2) is 0 Å². The van der Waals surface area contributed by atoms with Crippen LogP contribution in [0.4, 0.5) is 0 Å². The second-order valence-corrected chi connectivity index (χ2v) is 5.75. The molecule has 1 heterocycles. The summed E-state index contributed by atoms with van der Waals surface area (Å²) in [5.41, 5.74) is 6.35. The van der Waals surface area contributed by atoms with Crippen LogP contribution in [0.25, 0.3) is 0 Å². The molecule has 2 fully saturated rings. The molecule has 3 nitrogen and oxygen atoms in total.